The van der Waals surface area contributed by atoms with E-state index in [-0.39, 0.29) is 5.41 Å². The number of nitrogens with one attached hydrogen (secondary N) is 1. The molecule has 0 heterocycles. The molecule has 0 atom stereocenters. The topological polar surface area (TPSA) is 24.5 Å². The lowest BCUT2D eigenvalue weighted by molar-refractivity contribution is 0.163. The second-order valence-corrected chi connectivity index (χ2v) is 6.05. The number of methoxy groups -OCH3 is 1. The summed E-state index contributed by atoms with van der Waals surface area (Å²) in [4.78, 5) is 2.26. The second-order valence-electron chi connectivity index (χ2n) is 6.05. The first-order valence-corrected chi connectivity index (χ1v) is 6.95. The van der Waals surface area contributed by atoms with Gasteiger partial charge in [0, 0.05) is 32.4 Å². The molecular weight excluding hydrogens is 236 g/mol. The van der Waals surface area contributed by atoms with Crippen LogP contribution in [0.1, 0.15) is 26.3 Å². The van der Waals surface area contributed by atoms with E-state index in [1.165, 1.54) is 11.3 Å². The van der Waals surface area contributed by atoms with E-state index < -0.39 is 0 Å². The number of hydrogen-bond donors (Lipinski definition) is 1. The van der Waals surface area contributed by atoms with Crippen molar-refractivity contribution < 1.29 is 4.74 Å². The Bertz CT molecular complexity index is 354. The fourth-order valence-corrected chi connectivity index (χ4v) is 1.84. The quantitative estimate of drug-likeness (QED) is 0.819. The van der Waals surface area contributed by atoms with E-state index in [0.29, 0.717) is 0 Å². The Morgan fingerprint density at radius 2 is 1.74 bits per heavy atom. The van der Waals surface area contributed by atoms with Gasteiger partial charge >= 0.3 is 0 Å². The van der Waals surface area contributed by atoms with Gasteiger partial charge in [0.15, 0.2) is 0 Å². The van der Waals surface area contributed by atoms with Gasteiger partial charge in [-0.15, -0.1) is 0 Å². The SMILES string of the molecule is COCCN(C)CCNc1ccc(C(C)(C)C)cc1. The highest BCUT2D eigenvalue weighted by Gasteiger charge is 2.12. The zero-order valence-corrected chi connectivity index (χ0v) is 13.0. The van der Waals surface area contributed by atoms with Gasteiger partial charge in [-0.3, -0.25) is 0 Å². The molecule has 108 valence electrons. The number of anilines is 1. The van der Waals surface area contributed by atoms with E-state index in [9.17, 15) is 0 Å². The summed E-state index contributed by atoms with van der Waals surface area (Å²) < 4.78 is 5.06. The lowest BCUT2D eigenvalue weighted by Crippen LogP contribution is -2.28. The highest BCUT2D eigenvalue weighted by molar-refractivity contribution is 5.45. The first-order chi connectivity index (χ1) is 8.93. The molecule has 3 nitrogen and oxygen atoms in total. The van der Waals surface area contributed by atoms with Gasteiger partial charge in [0.1, 0.15) is 0 Å². The summed E-state index contributed by atoms with van der Waals surface area (Å²) in [7, 11) is 3.85. The summed E-state index contributed by atoms with van der Waals surface area (Å²) in [5, 5.41) is 3.45. The monoisotopic (exact) mass is 264 g/mol. The Labute approximate surface area is 118 Å². The van der Waals surface area contributed by atoms with Crippen LogP contribution in [0.5, 0.6) is 0 Å². The number of ether oxygens (including phenoxy) is 1. The Kier molecular flexibility index (Phi) is 6.32. The molecule has 1 aromatic carbocycles. The van der Waals surface area contributed by atoms with Crippen molar-refractivity contribution in [3.63, 3.8) is 0 Å². The maximum absolute atomic E-state index is 5.06. The van der Waals surface area contributed by atoms with Crippen LogP contribution in [0.15, 0.2) is 24.3 Å². The highest BCUT2D eigenvalue weighted by Crippen LogP contribution is 2.23. The highest BCUT2D eigenvalue weighted by atomic mass is 16.5. The van der Waals surface area contributed by atoms with E-state index >= 15 is 0 Å². The molecule has 0 aromatic heterocycles. The molecule has 0 aliphatic heterocycles. The maximum Gasteiger partial charge on any atom is 0.0589 e. The third-order valence-electron chi connectivity index (χ3n) is 3.25. The Morgan fingerprint density at radius 3 is 2.26 bits per heavy atom. The van der Waals surface area contributed by atoms with E-state index in [1.54, 1.807) is 7.11 Å². The summed E-state index contributed by atoms with van der Waals surface area (Å²) in [5.41, 5.74) is 2.78. The molecule has 0 aliphatic rings. The van der Waals surface area contributed by atoms with Crippen molar-refractivity contribution in [2.45, 2.75) is 26.2 Å². The third kappa shape index (κ3) is 6.08. The summed E-state index contributed by atoms with van der Waals surface area (Å²) in [6.45, 7) is 10.4. The minimum Gasteiger partial charge on any atom is -0.384 e. The van der Waals surface area contributed by atoms with Gasteiger partial charge in [0.2, 0.25) is 0 Å². The minimum atomic E-state index is 0.221. The van der Waals surface area contributed by atoms with Gasteiger partial charge in [-0.25, -0.2) is 0 Å². The van der Waals surface area contributed by atoms with Crippen molar-refractivity contribution >= 4 is 5.69 Å². The van der Waals surface area contributed by atoms with E-state index in [4.69, 9.17) is 4.74 Å². The van der Waals surface area contributed by atoms with Gasteiger partial charge in [0.05, 0.1) is 6.61 Å². The first-order valence-electron chi connectivity index (χ1n) is 6.95. The van der Waals surface area contributed by atoms with Gasteiger partial charge < -0.3 is 15.0 Å². The molecule has 19 heavy (non-hydrogen) atoms. The number of benzene rings is 1. The number of rotatable bonds is 7. The predicted octanol–water partition coefficient (Wildman–Crippen LogP) is 2.97. The third-order valence-corrected chi connectivity index (χ3v) is 3.25. The molecule has 3 heteroatoms. The lowest BCUT2D eigenvalue weighted by atomic mass is 9.87. The number of likely N-dealkylation sites (N-methyl/N-ethyl adjacent to an activating group) is 1. The smallest absolute Gasteiger partial charge is 0.0589 e. The molecule has 0 saturated carbocycles. The Morgan fingerprint density at radius 1 is 1.11 bits per heavy atom. The average Bonchev–Trinajstić information content (AvgIpc) is 2.36. The Balaban J connectivity index is 2.34. The number of nitrogens with zero attached hydrogens (tertiary/aromatic N) is 1. The van der Waals surface area contributed by atoms with Gasteiger partial charge in [0.25, 0.3) is 0 Å². The van der Waals surface area contributed by atoms with Crippen LogP contribution in [0, 0.1) is 0 Å². The van der Waals surface area contributed by atoms with Crippen molar-refractivity contribution in [1.29, 1.82) is 0 Å². The summed E-state index contributed by atoms with van der Waals surface area (Å²) in [5.74, 6) is 0. The van der Waals surface area contributed by atoms with E-state index in [0.717, 1.165) is 26.2 Å². The predicted molar refractivity (Wildman–Crippen MR) is 83.0 cm³/mol. The van der Waals surface area contributed by atoms with Gasteiger partial charge in [-0.2, -0.15) is 0 Å². The minimum absolute atomic E-state index is 0.221. The molecule has 0 fully saturated rings. The van der Waals surface area contributed by atoms with E-state index in [1.807, 2.05) is 0 Å². The lowest BCUT2D eigenvalue weighted by Gasteiger charge is -2.20. The number of hydrogen-bond acceptors (Lipinski definition) is 3. The largest absolute Gasteiger partial charge is 0.384 e. The fourth-order valence-electron chi connectivity index (χ4n) is 1.84. The van der Waals surface area contributed by atoms with Crippen molar-refractivity contribution in [2.75, 3.05) is 45.7 Å². The average molecular weight is 264 g/mol. The Hall–Kier alpha value is -1.06. The molecule has 1 rings (SSSR count). The van der Waals surface area contributed by atoms with Crippen LogP contribution in [0.4, 0.5) is 5.69 Å². The summed E-state index contributed by atoms with van der Waals surface area (Å²) >= 11 is 0. The van der Waals surface area contributed by atoms with Crippen molar-refractivity contribution in [3.05, 3.63) is 29.8 Å². The zero-order valence-electron chi connectivity index (χ0n) is 13.0. The van der Waals surface area contributed by atoms with Gasteiger partial charge in [-0.1, -0.05) is 32.9 Å². The molecule has 0 aliphatic carbocycles. The molecular formula is C16H28N2O. The van der Waals surface area contributed by atoms with Crippen molar-refractivity contribution in [3.8, 4) is 0 Å². The molecule has 0 radical (unpaired) electrons. The molecule has 0 amide bonds. The standard InChI is InChI=1S/C16H28N2O/c1-16(2,3)14-6-8-15(9-7-14)17-10-11-18(4)12-13-19-5/h6-9,17H,10-13H2,1-5H3. The van der Waals surface area contributed by atoms with Crippen LogP contribution in [0.3, 0.4) is 0 Å². The fraction of sp³-hybridized carbons (Fsp3) is 0.625. The van der Waals surface area contributed by atoms with E-state index in [2.05, 4.69) is 62.3 Å². The van der Waals surface area contributed by atoms with Crippen LogP contribution in [-0.4, -0.2) is 45.3 Å². The molecule has 0 bridgehead atoms. The molecule has 1 N–H and O–H groups in total. The molecule has 1 aromatic rings. The summed E-state index contributed by atoms with van der Waals surface area (Å²) in [6.07, 6.45) is 0. The van der Waals surface area contributed by atoms with Crippen LogP contribution >= 0.6 is 0 Å². The normalized spacial score (nSPS) is 11.9. The summed E-state index contributed by atoms with van der Waals surface area (Å²) in [6, 6.07) is 8.74. The zero-order chi connectivity index (χ0) is 14.3. The first kappa shape index (κ1) is 16.0. The van der Waals surface area contributed by atoms with Crippen molar-refractivity contribution in [1.82, 2.24) is 4.90 Å². The van der Waals surface area contributed by atoms with Crippen molar-refractivity contribution in [2.24, 2.45) is 0 Å². The molecule has 0 spiro atoms. The molecule has 0 saturated heterocycles. The van der Waals surface area contributed by atoms with Gasteiger partial charge in [-0.05, 0) is 30.2 Å². The van der Waals surface area contributed by atoms with Crippen LogP contribution in [0.2, 0.25) is 0 Å². The van der Waals surface area contributed by atoms with Crippen LogP contribution in [0.25, 0.3) is 0 Å². The second kappa shape index (κ2) is 7.51. The van der Waals surface area contributed by atoms with Crippen LogP contribution in [-0.2, 0) is 10.2 Å². The molecule has 0 unspecified atom stereocenters. The maximum atomic E-state index is 5.06. The van der Waals surface area contributed by atoms with Crippen LogP contribution < -0.4 is 5.32 Å².